The van der Waals surface area contributed by atoms with Crippen LogP contribution in [0, 0.1) is 0 Å². The molecule has 3 N–H and O–H groups in total. The third kappa shape index (κ3) is 3.00. The number of benzene rings is 1. The number of hydrogen-bond acceptors (Lipinski definition) is 5. The van der Waals surface area contributed by atoms with E-state index in [4.69, 9.17) is 14.6 Å². The van der Waals surface area contributed by atoms with Crippen LogP contribution >= 0.6 is 0 Å². The molecule has 0 aromatic heterocycles. The summed E-state index contributed by atoms with van der Waals surface area (Å²) >= 11 is 0. The number of carbonyl (C=O) groups is 2. The standard InChI is InChI=1S/C13H16N2O5/c1-19-7-10(13(17)18)15-12(16)8-3-2-4-9-11(8)20-6-5-14-9/h2-4,10,14H,5-7H2,1H3,(H,15,16)(H,17,18). The van der Waals surface area contributed by atoms with E-state index in [0.29, 0.717) is 24.5 Å². The predicted molar refractivity (Wildman–Crippen MR) is 71.2 cm³/mol. The highest BCUT2D eigenvalue weighted by molar-refractivity contribution is 6.00. The van der Waals surface area contributed by atoms with Gasteiger partial charge in [-0.25, -0.2) is 4.79 Å². The molecule has 0 fully saturated rings. The summed E-state index contributed by atoms with van der Waals surface area (Å²) < 4.78 is 10.3. The summed E-state index contributed by atoms with van der Waals surface area (Å²) in [5, 5.41) is 14.5. The van der Waals surface area contributed by atoms with Crippen molar-refractivity contribution >= 4 is 17.6 Å². The summed E-state index contributed by atoms with van der Waals surface area (Å²) in [6.07, 6.45) is 0. The average Bonchev–Trinajstić information content (AvgIpc) is 2.46. The quantitative estimate of drug-likeness (QED) is 0.718. The van der Waals surface area contributed by atoms with E-state index < -0.39 is 17.9 Å². The van der Waals surface area contributed by atoms with Gasteiger partial charge in [0, 0.05) is 13.7 Å². The average molecular weight is 280 g/mol. The fourth-order valence-corrected chi connectivity index (χ4v) is 1.93. The first-order valence-corrected chi connectivity index (χ1v) is 6.15. The Hall–Kier alpha value is -2.28. The number of carbonyl (C=O) groups excluding carboxylic acids is 1. The summed E-state index contributed by atoms with van der Waals surface area (Å²) in [5.74, 6) is -1.21. The van der Waals surface area contributed by atoms with Gasteiger partial charge in [-0.2, -0.15) is 0 Å². The Labute approximate surface area is 115 Å². The Balaban J connectivity index is 2.19. The van der Waals surface area contributed by atoms with Crippen LogP contribution in [0.5, 0.6) is 5.75 Å². The van der Waals surface area contributed by atoms with Crippen LogP contribution in [-0.4, -0.2) is 49.9 Å². The summed E-state index contributed by atoms with van der Waals surface area (Å²) in [5.41, 5.74) is 1.03. The van der Waals surface area contributed by atoms with Crippen molar-refractivity contribution in [2.45, 2.75) is 6.04 Å². The van der Waals surface area contributed by atoms with Crippen LogP contribution in [0.2, 0.25) is 0 Å². The minimum absolute atomic E-state index is 0.102. The highest BCUT2D eigenvalue weighted by Crippen LogP contribution is 2.31. The Kier molecular flexibility index (Phi) is 4.41. The number of aliphatic carboxylic acids is 1. The number of carboxylic acids is 1. The van der Waals surface area contributed by atoms with Gasteiger partial charge in [0.25, 0.3) is 5.91 Å². The maximum atomic E-state index is 12.2. The molecule has 1 aliphatic rings. The van der Waals surface area contributed by atoms with E-state index in [1.54, 1.807) is 18.2 Å². The lowest BCUT2D eigenvalue weighted by Crippen LogP contribution is -2.44. The van der Waals surface area contributed by atoms with Gasteiger partial charge >= 0.3 is 5.97 Å². The number of carboxylic acid groups (broad SMARTS) is 1. The molecule has 108 valence electrons. The van der Waals surface area contributed by atoms with Crippen LogP contribution in [0.15, 0.2) is 18.2 Å². The van der Waals surface area contributed by atoms with E-state index in [-0.39, 0.29) is 6.61 Å². The number of amides is 1. The lowest BCUT2D eigenvalue weighted by molar-refractivity contribution is -0.140. The fourth-order valence-electron chi connectivity index (χ4n) is 1.93. The molecular formula is C13H16N2O5. The summed E-state index contributed by atoms with van der Waals surface area (Å²) in [6, 6.07) is 4.00. The highest BCUT2D eigenvalue weighted by atomic mass is 16.5. The maximum Gasteiger partial charge on any atom is 0.328 e. The summed E-state index contributed by atoms with van der Waals surface area (Å²) in [4.78, 5) is 23.2. The molecular weight excluding hydrogens is 264 g/mol. The lowest BCUT2D eigenvalue weighted by Gasteiger charge is -2.22. The van der Waals surface area contributed by atoms with E-state index in [1.807, 2.05) is 0 Å². The molecule has 0 saturated heterocycles. The molecule has 1 aromatic carbocycles. The van der Waals surface area contributed by atoms with E-state index in [9.17, 15) is 9.59 Å². The van der Waals surface area contributed by atoms with Crippen molar-refractivity contribution in [2.24, 2.45) is 0 Å². The predicted octanol–water partition coefficient (Wildman–Crippen LogP) is 0.320. The second-order valence-corrected chi connectivity index (χ2v) is 4.28. The van der Waals surface area contributed by atoms with Crippen molar-refractivity contribution in [1.82, 2.24) is 5.32 Å². The monoisotopic (exact) mass is 280 g/mol. The normalized spacial score (nSPS) is 14.4. The molecule has 7 nitrogen and oxygen atoms in total. The number of nitrogens with one attached hydrogen (secondary N) is 2. The molecule has 0 saturated carbocycles. The van der Waals surface area contributed by atoms with Crippen LogP contribution in [0.25, 0.3) is 0 Å². The Morgan fingerprint density at radius 1 is 1.55 bits per heavy atom. The number of ether oxygens (including phenoxy) is 2. The van der Waals surface area contributed by atoms with Gasteiger partial charge in [0.1, 0.15) is 6.61 Å². The van der Waals surface area contributed by atoms with Gasteiger partial charge in [-0.3, -0.25) is 4.79 Å². The van der Waals surface area contributed by atoms with Crippen LogP contribution < -0.4 is 15.4 Å². The smallest absolute Gasteiger partial charge is 0.328 e. The molecule has 0 bridgehead atoms. The Bertz CT molecular complexity index is 517. The topological polar surface area (TPSA) is 96.9 Å². The first-order valence-electron chi connectivity index (χ1n) is 6.15. The number of methoxy groups -OCH3 is 1. The van der Waals surface area contributed by atoms with Gasteiger partial charge in [-0.05, 0) is 12.1 Å². The molecule has 0 radical (unpaired) electrons. The maximum absolute atomic E-state index is 12.2. The van der Waals surface area contributed by atoms with Gasteiger partial charge in [-0.15, -0.1) is 0 Å². The lowest BCUT2D eigenvalue weighted by atomic mass is 10.1. The molecule has 1 aliphatic heterocycles. The second-order valence-electron chi connectivity index (χ2n) is 4.28. The van der Waals surface area contributed by atoms with E-state index in [0.717, 1.165) is 5.69 Å². The number of anilines is 1. The molecule has 1 aromatic rings. The zero-order valence-electron chi connectivity index (χ0n) is 11.0. The summed E-state index contributed by atoms with van der Waals surface area (Å²) in [6.45, 7) is 1.02. The molecule has 1 amide bonds. The van der Waals surface area contributed by atoms with Crippen molar-refractivity contribution in [2.75, 3.05) is 32.2 Å². The second kappa shape index (κ2) is 6.25. The molecule has 0 aliphatic carbocycles. The van der Waals surface area contributed by atoms with Gasteiger partial charge in [0.2, 0.25) is 0 Å². The molecule has 0 spiro atoms. The first kappa shape index (κ1) is 14.1. The van der Waals surface area contributed by atoms with Crippen molar-refractivity contribution in [3.05, 3.63) is 23.8 Å². The van der Waals surface area contributed by atoms with E-state index >= 15 is 0 Å². The third-order valence-corrected chi connectivity index (χ3v) is 2.86. The molecule has 7 heteroatoms. The number of fused-ring (bicyclic) bond motifs is 1. The molecule has 2 rings (SSSR count). The first-order chi connectivity index (χ1) is 9.63. The highest BCUT2D eigenvalue weighted by Gasteiger charge is 2.24. The van der Waals surface area contributed by atoms with Crippen LogP contribution in [-0.2, 0) is 9.53 Å². The van der Waals surface area contributed by atoms with Crippen molar-refractivity contribution in [1.29, 1.82) is 0 Å². The summed E-state index contributed by atoms with van der Waals surface area (Å²) in [7, 11) is 1.37. The van der Waals surface area contributed by atoms with Gasteiger partial charge in [0.15, 0.2) is 11.8 Å². The Morgan fingerprint density at radius 2 is 2.35 bits per heavy atom. The fraction of sp³-hybridized carbons (Fsp3) is 0.385. The number of rotatable bonds is 5. The zero-order chi connectivity index (χ0) is 14.5. The largest absolute Gasteiger partial charge is 0.489 e. The minimum atomic E-state index is -1.15. The van der Waals surface area contributed by atoms with Gasteiger partial charge in [0.05, 0.1) is 17.9 Å². The van der Waals surface area contributed by atoms with Crippen molar-refractivity contribution < 1.29 is 24.2 Å². The minimum Gasteiger partial charge on any atom is -0.489 e. The molecule has 1 unspecified atom stereocenters. The Morgan fingerprint density at radius 3 is 3.05 bits per heavy atom. The van der Waals surface area contributed by atoms with Crippen LogP contribution in [0.3, 0.4) is 0 Å². The third-order valence-electron chi connectivity index (χ3n) is 2.86. The van der Waals surface area contributed by atoms with E-state index in [1.165, 1.54) is 7.11 Å². The molecule has 1 heterocycles. The van der Waals surface area contributed by atoms with Crippen molar-refractivity contribution in [3.63, 3.8) is 0 Å². The van der Waals surface area contributed by atoms with Crippen LogP contribution in [0.4, 0.5) is 5.69 Å². The zero-order valence-corrected chi connectivity index (χ0v) is 11.0. The van der Waals surface area contributed by atoms with Gasteiger partial charge < -0.3 is 25.2 Å². The molecule has 20 heavy (non-hydrogen) atoms. The van der Waals surface area contributed by atoms with Gasteiger partial charge in [-0.1, -0.05) is 6.07 Å². The van der Waals surface area contributed by atoms with Crippen LogP contribution in [0.1, 0.15) is 10.4 Å². The number of para-hydroxylation sites is 1. The number of hydrogen-bond donors (Lipinski definition) is 3. The SMILES string of the molecule is COCC(NC(=O)c1cccc2c1OCCN2)C(=O)O. The molecule has 1 atom stereocenters. The van der Waals surface area contributed by atoms with E-state index in [2.05, 4.69) is 10.6 Å². The van der Waals surface area contributed by atoms with Crippen molar-refractivity contribution in [3.8, 4) is 5.75 Å².